The average molecular weight is 235 g/mol. The third kappa shape index (κ3) is 1.63. The maximum Gasteiger partial charge on any atom is 0.0536 e. The van der Waals surface area contributed by atoms with Crippen LogP contribution in [0.4, 0.5) is 0 Å². The van der Waals surface area contributed by atoms with Crippen LogP contribution >= 0.6 is 11.3 Å². The van der Waals surface area contributed by atoms with E-state index in [4.69, 9.17) is 0 Å². The van der Waals surface area contributed by atoms with Crippen molar-refractivity contribution in [2.75, 3.05) is 6.54 Å². The Morgan fingerprint density at radius 2 is 2.06 bits per heavy atom. The first kappa shape index (κ1) is 10.8. The number of rotatable bonds is 0. The van der Waals surface area contributed by atoms with Gasteiger partial charge in [-0.25, -0.2) is 0 Å². The minimum Gasteiger partial charge on any atom is -0.306 e. The molecular weight excluding hydrogens is 214 g/mol. The van der Waals surface area contributed by atoms with Crippen LogP contribution in [0.15, 0.2) is 11.4 Å². The second-order valence-corrected chi connectivity index (χ2v) is 6.80. The number of hydrogen-bond donors (Lipinski definition) is 1. The Bertz CT molecular complexity index is 372. The molecule has 1 fully saturated rings. The first-order chi connectivity index (χ1) is 7.70. The van der Waals surface area contributed by atoms with Gasteiger partial charge in [0.15, 0.2) is 0 Å². The van der Waals surface area contributed by atoms with Crippen molar-refractivity contribution >= 4 is 11.3 Å². The van der Waals surface area contributed by atoms with E-state index in [1.54, 1.807) is 10.4 Å². The molecule has 2 heterocycles. The lowest BCUT2D eigenvalue weighted by atomic mass is 9.69. The molecule has 1 nitrogen and oxygen atoms in total. The van der Waals surface area contributed by atoms with Gasteiger partial charge in [0.2, 0.25) is 0 Å². The normalized spacial score (nSPS) is 38.6. The van der Waals surface area contributed by atoms with Crippen LogP contribution in [-0.4, -0.2) is 6.54 Å². The first-order valence-electron chi connectivity index (χ1n) is 6.51. The molecule has 1 aromatic rings. The molecule has 2 heteroatoms. The monoisotopic (exact) mass is 235 g/mol. The zero-order chi connectivity index (χ0) is 11.2. The molecule has 88 valence electrons. The van der Waals surface area contributed by atoms with Crippen molar-refractivity contribution in [1.29, 1.82) is 0 Å². The lowest BCUT2D eigenvalue weighted by Gasteiger charge is -2.46. The Balaban J connectivity index is 2.00. The number of fused-ring (bicyclic) bond motifs is 2. The van der Waals surface area contributed by atoms with Crippen molar-refractivity contribution in [2.45, 2.75) is 45.1 Å². The van der Waals surface area contributed by atoms with E-state index in [9.17, 15) is 0 Å². The van der Waals surface area contributed by atoms with Crippen molar-refractivity contribution in [3.63, 3.8) is 0 Å². The van der Waals surface area contributed by atoms with E-state index >= 15 is 0 Å². The van der Waals surface area contributed by atoms with Crippen LogP contribution in [0.3, 0.4) is 0 Å². The summed E-state index contributed by atoms with van der Waals surface area (Å²) in [5.74, 6) is 1.73. The van der Waals surface area contributed by atoms with Gasteiger partial charge in [0.1, 0.15) is 0 Å². The summed E-state index contributed by atoms with van der Waals surface area (Å²) in [5, 5.41) is 6.13. The minimum atomic E-state index is 0.332. The van der Waals surface area contributed by atoms with Crippen molar-refractivity contribution < 1.29 is 0 Å². The maximum atomic E-state index is 3.85. The fraction of sp³-hybridized carbons (Fsp3) is 0.714. The summed E-state index contributed by atoms with van der Waals surface area (Å²) >= 11 is 1.97. The largest absolute Gasteiger partial charge is 0.306 e. The van der Waals surface area contributed by atoms with Gasteiger partial charge in [0, 0.05) is 11.4 Å². The molecule has 0 bridgehead atoms. The molecule has 0 radical (unpaired) electrons. The highest BCUT2D eigenvalue weighted by Crippen LogP contribution is 2.46. The van der Waals surface area contributed by atoms with Crippen molar-refractivity contribution in [3.8, 4) is 0 Å². The molecule has 1 unspecified atom stereocenters. The van der Waals surface area contributed by atoms with Gasteiger partial charge < -0.3 is 5.32 Å². The number of thiophene rings is 1. The van der Waals surface area contributed by atoms with Crippen molar-refractivity contribution in [2.24, 2.45) is 11.8 Å². The SMILES string of the molecule is C[C@@H]1C[C@H](C)CC2(C1)NCCc1ccsc12. The molecule has 0 amide bonds. The van der Waals surface area contributed by atoms with E-state index in [1.807, 2.05) is 11.3 Å². The second-order valence-electron chi connectivity index (χ2n) is 5.89. The minimum absolute atomic E-state index is 0.332. The zero-order valence-corrected chi connectivity index (χ0v) is 11.1. The highest BCUT2D eigenvalue weighted by atomic mass is 32.1. The smallest absolute Gasteiger partial charge is 0.0536 e. The molecule has 1 N–H and O–H groups in total. The predicted molar refractivity (Wildman–Crippen MR) is 69.9 cm³/mol. The molecule has 16 heavy (non-hydrogen) atoms. The van der Waals surface area contributed by atoms with Crippen molar-refractivity contribution in [3.05, 3.63) is 21.9 Å². The van der Waals surface area contributed by atoms with Gasteiger partial charge in [0.05, 0.1) is 5.54 Å². The van der Waals surface area contributed by atoms with E-state index in [0.29, 0.717) is 5.54 Å². The van der Waals surface area contributed by atoms with Gasteiger partial charge in [-0.2, -0.15) is 0 Å². The Morgan fingerprint density at radius 3 is 2.81 bits per heavy atom. The van der Waals surface area contributed by atoms with Gasteiger partial charge in [-0.15, -0.1) is 11.3 Å². The summed E-state index contributed by atoms with van der Waals surface area (Å²) in [6.45, 7) is 6.01. The average Bonchev–Trinajstić information content (AvgIpc) is 2.65. The third-order valence-corrected chi connectivity index (χ3v) is 5.40. The summed E-state index contributed by atoms with van der Waals surface area (Å²) < 4.78 is 0. The van der Waals surface area contributed by atoms with E-state index in [2.05, 4.69) is 30.6 Å². The summed E-state index contributed by atoms with van der Waals surface area (Å²) in [6.07, 6.45) is 5.31. The lowest BCUT2D eigenvalue weighted by molar-refractivity contribution is 0.140. The molecule has 1 aliphatic carbocycles. The van der Waals surface area contributed by atoms with Gasteiger partial charge >= 0.3 is 0 Å². The van der Waals surface area contributed by atoms with Gasteiger partial charge in [0.25, 0.3) is 0 Å². The summed E-state index contributed by atoms with van der Waals surface area (Å²) in [4.78, 5) is 1.65. The fourth-order valence-electron chi connectivity index (χ4n) is 3.93. The Hall–Kier alpha value is -0.340. The van der Waals surface area contributed by atoms with E-state index in [1.165, 1.54) is 32.2 Å². The van der Waals surface area contributed by atoms with Crippen LogP contribution in [0, 0.1) is 11.8 Å². The Labute approximate surface area is 102 Å². The quantitative estimate of drug-likeness (QED) is 0.725. The number of hydrogen-bond acceptors (Lipinski definition) is 2. The third-order valence-electron chi connectivity index (χ3n) is 4.24. The van der Waals surface area contributed by atoms with E-state index in [0.717, 1.165) is 11.8 Å². The molecule has 1 spiro atoms. The molecule has 2 aliphatic rings. The summed E-state index contributed by atoms with van der Waals surface area (Å²) in [6, 6.07) is 2.34. The van der Waals surface area contributed by atoms with Crippen LogP contribution < -0.4 is 5.32 Å². The van der Waals surface area contributed by atoms with Crippen LogP contribution in [0.25, 0.3) is 0 Å². The van der Waals surface area contributed by atoms with E-state index in [-0.39, 0.29) is 0 Å². The van der Waals surface area contributed by atoms with Crippen molar-refractivity contribution in [1.82, 2.24) is 5.32 Å². The molecule has 3 atom stereocenters. The lowest BCUT2D eigenvalue weighted by Crippen LogP contribution is -2.50. The topological polar surface area (TPSA) is 12.0 Å². The Kier molecular flexibility index (Phi) is 2.60. The second kappa shape index (κ2) is 3.85. The summed E-state index contributed by atoms with van der Waals surface area (Å²) in [5.41, 5.74) is 1.95. The van der Waals surface area contributed by atoms with Crippen LogP contribution in [0.1, 0.15) is 43.6 Å². The van der Waals surface area contributed by atoms with Crippen LogP contribution in [0.2, 0.25) is 0 Å². The molecule has 0 saturated heterocycles. The van der Waals surface area contributed by atoms with Crippen LogP contribution in [0.5, 0.6) is 0 Å². The number of nitrogens with one attached hydrogen (secondary N) is 1. The Morgan fingerprint density at radius 1 is 1.31 bits per heavy atom. The molecule has 1 aromatic heterocycles. The highest BCUT2D eigenvalue weighted by Gasteiger charge is 2.42. The molecule has 3 rings (SSSR count). The molecular formula is C14H21NS. The maximum absolute atomic E-state index is 3.85. The first-order valence-corrected chi connectivity index (χ1v) is 7.39. The zero-order valence-electron chi connectivity index (χ0n) is 10.3. The highest BCUT2D eigenvalue weighted by molar-refractivity contribution is 7.10. The van der Waals surface area contributed by atoms with E-state index < -0.39 is 0 Å². The standard InChI is InChI=1S/C14H21NS/c1-10-7-11(2)9-14(8-10)13-12(3-5-15-14)4-6-16-13/h4,6,10-11,15H,3,5,7-9H2,1-2H3/t10-,11+,14?. The van der Waals surface area contributed by atoms with Crippen LogP contribution in [-0.2, 0) is 12.0 Å². The van der Waals surface area contributed by atoms with Gasteiger partial charge in [-0.1, -0.05) is 13.8 Å². The fourth-order valence-corrected chi connectivity index (χ4v) is 5.08. The molecule has 1 saturated carbocycles. The predicted octanol–water partition coefficient (Wildman–Crippen LogP) is 3.55. The molecule has 1 aliphatic heterocycles. The summed E-state index contributed by atoms with van der Waals surface area (Å²) in [7, 11) is 0. The van der Waals surface area contributed by atoms with Gasteiger partial charge in [-0.3, -0.25) is 0 Å². The van der Waals surface area contributed by atoms with Gasteiger partial charge in [-0.05, 0) is 54.5 Å². The molecule has 0 aromatic carbocycles.